The van der Waals surface area contributed by atoms with Crippen LogP contribution in [0.25, 0.3) is 0 Å². The van der Waals surface area contributed by atoms with Gasteiger partial charge in [0.1, 0.15) is 5.78 Å². The van der Waals surface area contributed by atoms with Crippen molar-refractivity contribution in [3.05, 3.63) is 0 Å². The molecule has 1 aliphatic heterocycles. The number of nitrogens with zero attached hydrogens (tertiary/aromatic N) is 1. The summed E-state index contributed by atoms with van der Waals surface area (Å²) in [5.74, 6) is 0.914. The number of Topliss-reactive ketones (excluding diaryl/α,β-unsaturated/α-hetero) is 1. The summed E-state index contributed by atoms with van der Waals surface area (Å²) in [5.41, 5.74) is 0. The predicted octanol–water partition coefficient (Wildman–Crippen LogP) is 0.976. The Morgan fingerprint density at radius 2 is 2.00 bits per heavy atom. The smallest absolute Gasteiger partial charge is 0.230 e. The van der Waals surface area contributed by atoms with Crippen molar-refractivity contribution in [2.24, 2.45) is 5.92 Å². The molecule has 2 aliphatic rings. The molecule has 3 heteroatoms. The van der Waals surface area contributed by atoms with E-state index in [0.29, 0.717) is 19.0 Å². The maximum absolute atomic E-state index is 11.5. The number of carbonyl (C=O) groups is 2. The van der Waals surface area contributed by atoms with E-state index in [2.05, 4.69) is 6.92 Å². The van der Waals surface area contributed by atoms with E-state index in [1.807, 2.05) is 4.90 Å². The molecule has 0 spiro atoms. The summed E-state index contributed by atoms with van der Waals surface area (Å²) in [6, 6.07) is 0.440. The molecule has 1 aliphatic carbocycles. The summed E-state index contributed by atoms with van der Waals surface area (Å²) in [6.45, 7) is 2.87. The second kappa shape index (κ2) is 3.13. The quantitative estimate of drug-likeness (QED) is 0.565. The van der Waals surface area contributed by atoms with Gasteiger partial charge in [0.25, 0.3) is 0 Å². The Morgan fingerprint density at radius 1 is 1.31 bits per heavy atom. The number of hydrogen-bond acceptors (Lipinski definition) is 2. The van der Waals surface area contributed by atoms with Crippen molar-refractivity contribution in [1.82, 2.24) is 4.90 Å². The topological polar surface area (TPSA) is 37.4 Å². The number of rotatable bonds is 1. The van der Waals surface area contributed by atoms with Crippen molar-refractivity contribution in [2.45, 2.75) is 38.6 Å². The standard InChI is InChI=1S/C10H15NO2/c1-7-4-8(5-7)11-3-2-9(12)6-10(11)13/h7-8H,2-6H2,1H3. The summed E-state index contributed by atoms with van der Waals surface area (Å²) in [7, 11) is 0. The van der Waals surface area contributed by atoms with Crippen LogP contribution in [-0.2, 0) is 9.59 Å². The van der Waals surface area contributed by atoms with E-state index < -0.39 is 0 Å². The van der Waals surface area contributed by atoms with Crippen LogP contribution >= 0.6 is 0 Å². The lowest BCUT2D eigenvalue weighted by Gasteiger charge is -2.43. The number of ketones is 1. The van der Waals surface area contributed by atoms with Crippen LogP contribution in [0.1, 0.15) is 32.6 Å². The van der Waals surface area contributed by atoms with Crippen molar-refractivity contribution >= 4 is 11.7 Å². The number of piperidine rings is 1. The Balaban J connectivity index is 1.93. The van der Waals surface area contributed by atoms with E-state index in [-0.39, 0.29) is 18.1 Å². The van der Waals surface area contributed by atoms with Crippen LogP contribution in [-0.4, -0.2) is 29.2 Å². The van der Waals surface area contributed by atoms with E-state index in [0.717, 1.165) is 18.8 Å². The van der Waals surface area contributed by atoms with Crippen LogP contribution < -0.4 is 0 Å². The van der Waals surface area contributed by atoms with Crippen molar-refractivity contribution in [1.29, 1.82) is 0 Å². The zero-order chi connectivity index (χ0) is 9.42. The van der Waals surface area contributed by atoms with Gasteiger partial charge < -0.3 is 4.90 Å². The number of likely N-dealkylation sites (tertiary alicyclic amines) is 1. The van der Waals surface area contributed by atoms with Crippen LogP contribution in [0.2, 0.25) is 0 Å². The monoisotopic (exact) mass is 181 g/mol. The van der Waals surface area contributed by atoms with Gasteiger partial charge in [0.15, 0.2) is 0 Å². The van der Waals surface area contributed by atoms with Crippen LogP contribution in [0.4, 0.5) is 0 Å². The van der Waals surface area contributed by atoms with Crippen LogP contribution in [0, 0.1) is 5.92 Å². The maximum Gasteiger partial charge on any atom is 0.230 e. The minimum atomic E-state index is 0.0492. The normalized spacial score (nSPS) is 34.7. The van der Waals surface area contributed by atoms with Gasteiger partial charge in [0.2, 0.25) is 5.91 Å². The summed E-state index contributed by atoms with van der Waals surface area (Å²) < 4.78 is 0. The Bertz CT molecular complexity index is 243. The number of amides is 1. The third-order valence-electron chi connectivity index (χ3n) is 3.09. The van der Waals surface area contributed by atoms with Gasteiger partial charge in [-0.1, -0.05) is 6.92 Å². The van der Waals surface area contributed by atoms with Gasteiger partial charge in [-0.05, 0) is 18.8 Å². The number of carbonyl (C=O) groups excluding carboxylic acids is 2. The average Bonchev–Trinajstić information content (AvgIpc) is 2.00. The molecule has 0 aromatic heterocycles. The van der Waals surface area contributed by atoms with Crippen LogP contribution in [0.15, 0.2) is 0 Å². The largest absolute Gasteiger partial charge is 0.339 e. The zero-order valence-electron chi connectivity index (χ0n) is 7.95. The second-order valence-corrected chi connectivity index (χ2v) is 4.28. The van der Waals surface area contributed by atoms with E-state index in [9.17, 15) is 9.59 Å². The number of hydrogen-bond donors (Lipinski definition) is 0. The summed E-state index contributed by atoms with van der Waals surface area (Å²) in [4.78, 5) is 24.3. The fourth-order valence-electron chi connectivity index (χ4n) is 2.23. The molecule has 13 heavy (non-hydrogen) atoms. The fraction of sp³-hybridized carbons (Fsp3) is 0.800. The highest BCUT2D eigenvalue weighted by Gasteiger charge is 2.35. The minimum absolute atomic E-state index is 0.0492. The molecular weight excluding hydrogens is 166 g/mol. The average molecular weight is 181 g/mol. The highest BCUT2D eigenvalue weighted by atomic mass is 16.2. The van der Waals surface area contributed by atoms with Crippen molar-refractivity contribution < 1.29 is 9.59 Å². The van der Waals surface area contributed by atoms with Crippen LogP contribution in [0.5, 0.6) is 0 Å². The molecule has 2 rings (SSSR count). The molecule has 0 unspecified atom stereocenters. The Kier molecular flexibility index (Phi) is 2.10. The Hall–Kier alpha value is -0.860. The lowest BCUT2D eigenvalue weighted by Crippen LogP contribution is -2.50. The highest BCUT2D eigenvalue weighted by molar-refractivity contribution is 6.00. The third kappa shape index (κ3) is 1.60. The Morgan fingerprint density at radius 3 is 2.54 bits per heavy atom. The molecule has 0 radical (unpaired) electrons. The molecule has 1 saturated carbocycles. The van der Waals surface area contributed by atoms with Gasteiger partial charge in [-0.25, -0.2) is 0 Å². The first-order valence-electron chi connectivity index (χ1n) is 4.98. The molecule has 0 N–H and O–H groups in total. The Labute approximate surface area is 78.1 Å². The molecule has 1 heterocycles. The van der Waals surface area contributed by atoms with E-state index in [1.54, 1.807) is 0 Å². The molecule has 0 aromatic rings. The second-order valence-electron chi connectivity index (χ2n) is 4.28. The van der Waals surface area contributed by atoms with Gasteiger partial charge in [-0.3, -0.25) is 9.59 Å². The highest BCUT2D eigenvalue weighted by Crippen LogP contribution is 2.32. The van der Waals surface area contributed by atoms with Crippen molar-refractivity contribution in [2.75, 3.05) is 6.54 Å². The summed E-state index contributed by atoms with van der Waals surface area (Å²) in [5, 5.41) is 0. The van der Waals surface area contributed by atoms with Gasteiger partial charge in [0, 0.05) is 19.0 Å². The molecule has 0 aromatic carbocycles. The molecule has 3 nitrogen and oxygen atoms in total. The molecule has 1 amide bonds. The molecule has 2 fully saturated rings. The molecular formula is C10H15NO2. The first-order chi connectivity index (χ1) is 6.16. The van der Waals surface area contributed by atoms with E-state index in [4.69, 9.17) is 0 Å². The lowest BCUT2D eigenvalue weighted by molar-refractivity contribution is -0.143. The van der Waals surface area contributed by atoms with E-state index >= 15 is 0 Å². The minimum Gasteiger partial charge on any atom is -0.339 e. The van der Waals surface area contributed by atoms with Gasteiger partial charge in [-0.2, -0.15) is 0 Å². The fourth-order valence-corrected chi connectivity index (χ4v) is 2.23. The van der Waals surface area contributed by atoms with Gasteiger partial charge in [-0.15, -0.1) is 0 Å². The summed E-state index contributed by atoms with van der Waals surface area (Å²) in [6.07, 6.45) is 2.96. The molecule has 0 bridgehead atoms. The molecule has 1 saturated heterocycles. The molecule has 0 atom stereocenters. The van der Waals surface area contributed by atoms with Crippen LogP contribution in [0.3, 0.4) is 0 Å². The van der Waals surface area contributed by atoms with Crippen molar-refractivity contribution in [3.63, 3.8) is 0 Å². The first kappa shape index (κ1) is 8.73. The van der Waals surface area contributed by atoms with Gasteiger partial charge in [0.05, 0.1) is 6.42 Å². The lowest BCUT2D eigenvalue weighted by atomic mass is 9.80. The SMILES string of the molecule is CC1CC(N2CCC(=O)CC2=O)C1. The maximum atomic E-state index is 11.5. The molecule has 72 valence electrons. The predicted molar refractivity (Wildman–Crippen MR) is 48.1 cm³/mol. The van der Waals surface area contributed by atoms with E-state index in [1.165, 1.54) is 0 Å². The van der Waals surface area contributed by atoms with Gasteiger partial charge >= 0.3 is 0 Å². The first-order valence-corrected chi connectivity index (χ1v) is 4.98. The summed E-state index contributed by atoms with van der Waals surface area (Å²) >= 11 is 0. The zero-order valence-corrected chi connectivity index (χ0v) is 7.95. The van der Waals surface area contributed by atoms with Crippen molar-refractivity contribution in [3.8, 4) is 0 Å². The third-order valence-corrected chi connectivity index (χ3v) is 3.09.